The van der Waals surface area contributed by atoms with Crippen molar-refractivity contribution in [2.24, 2.45) is 5.41 Å². The normalized spacial score (nSPS) is 29.2. The fourth-order valence-electron chi connectivity index (χ4n) is 3.04. The van der Waals surface area contributed by atoms with Crippen LogP contribution in [0.3, 0.4) is 0 Å². The first kappa shape index (κ1) is 14.0. The fourth-order valence-corrected chi connectivity index (χ4v) is 3.04. The third-order valence-electron chi connectivity index (χ3n) is 4.60. The Labute approximate surface area is 102 Å². The lowest BCUT2D eigenvalue weighted by Gasteiger charge is -2.46. The summed E-state index contributed by atoms with van der Waals surface area (Å²) in [5.74, 6) is 0. The Kier molecular flexibility index (Phi) is 5.30. The van der Waals surface area contributed by atoms with Gasteiger partial charge in [0.15, 0.2) is 0 Å². The molecule has 0 bridgehead atoms. The first-order chi connectivity index (χ1) is 7.52. The Bertz CT molecular complexity index is 198. The van der Waals surface area contributed by atoms with Gasteiger partial charge in [0.1, 0.15) is 0 Å². The van der Waals surface area contributed by atoms with Crippen molar-refractivity contribution in [3.63, 3.8) is 0 Å². The van der Waals surface area contributed by atoms with E-state index in [-0.39, 0.29) is 11.0 Å². The maximum absolute atomic E-state index is 10.8. The van der Waals surface area contributed by atoms with Gasteiger partial charge in [-0.2, -0.15) is 0 Å². The second kappa shape index (κ2) is 6.05. The number of hydrogen-bond donors (Lipinski definition) is 1. The lowest BCUT2D eigenvalue weighted by molar-refractivity contribution is -0.103. The molecule has 0 radical (unpaired) electrons. The summed E-state index contributed by atoms with van der Waals surface area (Å²) in [6.45, 7) is 6.74. The van der Waals surface area contributed by atoms with Crippen molar-refractivity contribution in [3.8, 4) is 0 Å². The topological polar surface area (TPSA) is 20.2 Å². The molecular weight excluding hydrogens is 196 g/mol. The molecule has 0 aromatic carbocycles. The van der Waals surface area contributed by atoms with Gasteiger partial charge in [-0.15, -0.1) is 0 Å². The highest BCUT2D eigenvalue weighted by Gasteiger charge is 2.44. The van der Waals surface area contributed by atoms with Crippen LogP contribution < -0.4 is 0 Å². The Balaban J connectivity index is 2.32. The van der Waals surface area contributed by atoms with Gasteiger partial charge in [-0.3, -0.25) is 0 Å². The molecule has 0 saturated heterocycles. The highest BCUT2D eigenvalue weighted by atomic mass is 16.3. The van der Waals surface area contributed by atoms with Gasteiger partial charge in [-0.05, 0) is 24.7 Å². The Morgan fingerprint density at radius 2 is 1.56 bits per heavy atom. The number of aliphatic hydroxyl groups is 1. The second-order valence-electron chi connectivity index (χ2n) is 6.29. The summed E-state index contributed by atoms with van der Waals surface area (Å²) < 4.78 is 0. The Hall–Kier alpha value is -0.0400. The first-order valence-electron chi connectivity index (χ1n) is 7.24. The molecule has 96 valence electrons. The van der Waals surface area contributed by atoms with E-state index in [4.69, 9.17) is 0 Å². The Morgan fingerprint density at radius 1 is 0.938 bits per heavy atom. The van der Waals surface area contributed by atoms with E-state index in [0.29, 0.717) is 0 Å². The van der Waals surface area contributed by atoms with Gasteiger partial charge in [0.25, 0.3) is 0 Å². The van der Waals surface area contributed by atoms with Gasteiger partial charge in [-0.1, -0.05) is 65.7 Å². The van der Waals surface area contributed by atoms with Gasteiger partial charge in [-0.25, -0.2) is 0 Å². The van der Waals surface area contributed by atoms with Crippen LogP contribution in [0.25, 0.3) is 0 Å². The summed E-state index contributed by atoms with van der Waals surface area (Å²) in [5, 5.41) is 10.8. The van der Waals surface area contributed by atoms with Crippen LogP contribution in [0, 0.1) is 5.41 Å². The highest BCUT2D eigenvalue weighted by Crippen LogP contribution is 2.46. The zero-order chi connectivity index (χ0) is 12.1. The molecule has 1 N–H and O–H groups in total. The van der Waals surface area contributed by atoms with E-state index in [1.165, 1.54) is 51.4 Å². The zero-order valence-electron chi connectivity index (χ0n) is 11.5. The van der Waals surface area contributed by atoms with Crippen molar-refractivity contribution < 1.29 is 5.11 Å². The third-order valence-corrected chi connectivity index (χ3v) is 4.60. The molecule has 0 spiro atoms. The zero-order valence-corrected chi connectivity index (χ0v) is 11.5. The molecule has 0 amide bonds. The average Bonchev–Trinajstić information content (AvgIpc) is 2.23. The molecule has 1 rings (SSSR count). The van der Waals surface area contributed by atoms with E-state index in [1.807, 2.05) is 0 Å². The average molecular weight is 226 g/mol. The standard InChI is InChI=1S/C15H30O/c1-4-5-6-7-8-12-15(16)13-10-9-11-14(15,2)3/h16H,4-13H2,1-3H3. The first-order valence-corrected chi connectivity index (χ1v) is 7.24. The SMILES string of the molecule is CCCCCCCC1(O)CCCCC1(C)C. The van der Waals surface area contributed by atoms with Crippen molar-refractivity contribution in [2.75, 3.05) is 0 Å². The van der Waals surface area contributed by atoms with Gasteiger partial charge in [0, 0.05) is 0 Å². The maximum atomic E-state index is 10.8. The van der Waals surface area contributed by atoms with Crippen LogP contribution in [-0.2, 0) is 0 Å². The molecule has 16 heavy (non-hydrogen) atoms. The smallest absolute Gasteiger partial charge is 0.0698 e. The van der Waals surface area contributed by atoms with Crippen LogP contribution in [0.1, 0.15) is 85.0 Å². The molecule has 1 unspecified atom stereocenters. The summed E-state index contributed by atoms with van der Waals surface area (Å²) in [6, 6.07) is 0. The van der Waals surface area contributed by atoms with Crippen LogP contribution in [0.4, 0.5) is 0 Å². The quantitative estimate of drug-likeness (QED) is 0.652. The summed E-state index contributed by atoms with van der Waals surface area (Å²) in [5.41, 5.74) is -0.243. The predicted octanol–water partition coefficient (Wildman–Crippen LogP) is 4.68. The van der Waals surface area contributed by atoms with Gasteiger partial charge in [0.05, 0.1) is 5.60 Å². The minimum Gasteiger partial charge on any atom is -0.389 e. The molecule has 1 atom stereocenters. The van der Waals surface area contributed by atoms with Crippen molar-refractivity contribution in [1.29, 1.82) is 0 Å². The third kappa shape index (κ3) is 3.48. The van der Waals surface area contributed by atoms with Crippen LogP contribution in [-0.4, -0.2) is 10.7 Å². The van der Waals surface area contributed by atoms with E-state index in [9.17, 15) is 5.11 Å². The van der Waals surface area contributed by atoms with Crippen molar-refractivity contribution in [2.45, 2.75) is 90.6 Å². The monoisotopic (exact) mass is 226 g/mol. The van der Waals surface area contributed by atoms with Crippen LogP contribution >= 0.6 is 0 Å². The van der Waals surface area contributed by atoms with Crippen LogP contribution in [0.15, 0.2) is 0 Å². The molecule has 0 aliphatic heterocycles. The molecule has 1 aliphatic rings. The second-order valence-corrected chi connectivity index (χ2v) is 6.29. The largest absolute Gasteiger partial charge is 0.389 e. The molecule has 1 nitrogen and oxygen atoms in total. The van der Waals surface area contributed by atoms with Crippen molar-refractivity contribution in [1.82, 2.24) is 0 Å². The molecule has 1 fully saturated rings. The van der Waals surface area contributed by atoms with Gasteiger partial charge < -0.3 is 5.11 Å². The van der Waals surface area contributed by atoms with E-state index in [0.717, 1.165) is 12.8 Å². The maximum Gasteiger partial charge on any atom is 0.0698 e. The van der Waals surface area contributed by atoms with E-state index < -0.39 is 0 Å². The van der Waals surface area contributed by atoms with E-state index in [1.54, 1.807) is 0 Å². The predicted molar refractivity (Wildman–Crippen MR) is 70.6 cm³/mol. The Morgan fingerprint density at radius 3 is 2.19 bits per heavy atom. The summed E-state index contributed by atoms with van der Waals surface area (Å²) in [4.78, 5) is 0. The summed E-state index contributed by atoms with van der Waals surface area (Å²) >= 11 is 0. The molecule has 0 aromatic rings. The van der Waals surface area contributed by atoms with Crippen LogP contribution in [0.2, 0.25) is 0 Å². The minimum atomic E-state index is -0.378. The minimum absolute atomic E-state index is 0.135. The fraction of sp³-hybridized carbons (Fsp3) is 1.00. The van der Waals surface area contributed by atoms with Gasteiger partial charge >= 0.3 is 0 Å². The number of unbranched alkanes of at least 4 members (excludes halogenated alkanes) is 4. The molecule has 1 heteroatoms. The van der Waals surface area contributed by atoms with E-state index >= 15 is 0 Å². The lowest BCUT2D eigenvalue weighted by Crippen LogP contribution is -2.47. The molecule has 0 heterocycles. The molecule has 1 aliphatic carbocycles. The molecule has 1 saturated carbocycles. The molecular formula is C15H30O. The van der Waals surface area contributed by atoms with Crippen LogP contribution in [0.5, 0.6) is 0 Å². The lowest BCUT2D eigenvalue weighted by atomic mass is 9.63. The number of hydrogen-bond acceptors (Lipinski definition) is 1. The highest BCUT2D eigenvalue weighted by molar-refractivity contribution is 4.96. The van der Waals surface area contributed by atoms with E-state index in [2.05, 4.69) is 20.8 Å². The van der Waals surface area contributed by atoms with Gasteiger partial charge in [0.2, 0.25) is 0 Å². The summed E-state index contributed by atoms with van der Waals surface area (Å²) in [7, 11) is 0. The number of rotatable bonds is 6. The van der Waals surface area contributed by atoms with Crippen molar-refractivity contribution in [3.05, 3.63) is 0 Å². The van der Waals surface area contributed by atoms with Crippen molar-refractivity contribution >= 4 is 0 Å². The summed E-state index contributed by atoms with van der Waals surface area (Å²) in [6.07, 6.45) is 12.2. The molecule has 0 aromatic heterocycles.